The molecule has 30 heavy (non-hydrogen) atoms. The van der Waals surface area contributed by atoms with Gasteiger partial charge in [-0.05, 0) is 55.7 Å². The van der Waals surface area contributed by atoms with Gasteiger partial charge in [0.15, 0.2) is 0 Å². The average Bonchev–Trinajstić information content (AvgIpc) is 2.63. The first-order chi connectivity index (χ1) is 14.2. The van der Waals surface area contributed by atoms with Crippen molar-refractivity contribution in [3.63, 3.8) is 0 Å². The fraction of sp³-hybridized carbons (Fsp3) is 0.435. The Labute approximate surface area is 176 Å². The topological polar surface area (TPSA) is 85.0 Å². The Morgan fingerprint density at radius 3 is 2.57 bits per heavy atom. The molecule has 3 N–H and O–H groups in total. The zero-order valence-corrected chi connectivity index (χ0v) is 17.9. The van der Waals surface area contributed by atoms with E-state index in [-0.39, 0.29) is 30.4 Å². The van der Waals surface area contributed by atoms with Crippen LogP contribution in [-0.2, 0) is 14.3 Å². The first-order valence-corrected chi connectivity index (χ1v) is 10.1. The van der Waals surface area contributed by atoms with Gasteiger partial charge in [0.05, 0.1) is 19.1 Å². The summed E-state index contributed by atoms with van der Waals surface area (Å²) in [5.41, 5.74) is 9.80. The number of nitrogens with zero attached hydrogens (tertiary/aromatic N) is 1. The van der Waals surface area contributed by atoms with Gasteiger partial charge in [-0.1, -0.05) is 0 Å². The van der Waals surface area contributed by atoms with Crippen LogP contribution in [0.3, 0.4) is 0 Å². The lowest BCUT2D eigenvalue weighted by atomic mass is 9.92. The van der Waals surface area contributed by atoms with Crippen LogP contribution in [0.2, 0.25) is 0 Å². The predicted molar refractivity (Wildman–Crippen MR) is 114 cm³/mol. The third-order valence-corrected chi connectivity index (χ3v) is 5.51. The third-order valence-electron chi connectivity index (χ3n) is 5.51. The number of carbonyl (C=O) groups excluding carboxylic acids is 1. The van der Waals surface area contributed by atoms with Gasteiger partial charge in [-0.25, -0.2) is 4.39 Å². The molecule has 1 aliphatic heterocycles. The van der Waals surface area contributed by atoms with Gasteiger partial charge in [-0.3, -0.25) is 4.79 Å². The lowest BCUT2D eigenvalue weighted by Gasteiger charge is -2.40. The van der Waals surface area contributed by atoms with E-state index in [1.165, 1.54) is 0 Å². The van der Waals surface area contributed by atoms with Gasteiger partial charge in [0.1, 0.15) is 11.6 Å². The van der Waals surface area contributed by atoms with Gasteiger partial charge in [0.2, 0.25) is 0 Å². The monoisotopic (exact) mass is 416 g/mol. The van der Waals surface area contributed by atoms with E-state index in [0.29, 0.717) is 16.7 Å². The Bertz CT molecular complexity index is 918. The van der Waals surface area contributed by atoms with Gasteiger partial charge in [0, 0.05) is 49.1 Å². The normalized spacial score (nSPS) is 15.1. The van der Waals surface area contributed by atoms with Crippen LogP contribution >= 0.6 is 0 Å². The van der Waals surface area contributed by atoms with E-state index < -0.39 is 17.8 Å². The van der Waals surface area contributed by atoms with Crippen LogP contribution in [0.15, 0.2) is 24.3 Å². The number of aromatic hydroxyl groups is 1. The van der Waals surface area contributed by atoms with E-state index in [2.05, 4.69) is 4.90 Å². The molecular weight excluding hydrogens is 387 g/mol. The van der Waals surface area contributed by atoms with E-state index in [9.17, 15) is 14.3 Å². The molecule has 1 saturated heterocycles. The Kier molecular flexibility index (Phi) is 6.63. The molecule has 0 unspecified atom stereocenters. The number of anilines is 1. The van der Waals surface area contributed by atoms with Crippen LogP contribution in [0.4, 0.5) is 10.1 Å². The molecule has 0 amide bonds. The second-order valence-electron chi connectivity index (χ2n) is 7.73. The van der Waals surface area contributed by atoms with E-state index in [4.69, 9.17) is 15.2 Å². The number of carbonyl (C=O) groups is 1. The molecule has 2 aromatic rings. The number of methoxy groups -OCH3 is 1. The van der Waals surface area contributed by atoms with Crippen LogP contribution in [-0.4, -0.2) is 44.0 Å². The Balaban J connectivity index is 1.94. The summed E-state index contributed by atoms with van der Waals surface area (Å²) in [6.07, 6.45) is 0.0861. The number of phenolic OH excluding ortho intramolecular Hbond substituents is 1. The number of benzene rings is 2. The molecule has 1 heterocycles. The lowest BCUT2D eigenvalue weighted by Crippen LogP contribution is -2.51. The quantitative estimate of drug-likeness (QED) is 0.671. The first-order valence-electron chi connectivity index (χ1n) is 10.1. The zero-order chi connectivity index (χ0) is 22.0. The summed E-state index contributed by atoms with van der Waals surface area (Å²) in [6.45, 7) is 7.05. The van der Waals surface area contributed by atoms with Crippen LogP contribution in [0, 0.1) is 19.7 Å². The fourth-order valence-electron chi connectivity index (χ4n) is 3.83. The molecule has 0 radical (unpaired) electrons. The molecular formula is C23H29FN2O4. The number of halogens is 1. The molecule has 0 spiro atoms. The van der Waals surface area contributed by atoms with Gasteiger partial charge < -0.3 is 25.2 Å². The molecule has 1 aliphatic rings. The van der Waals surface area contributed by atoms with Crippen LogP contribution in [0.5, 0.6) is 5.75 Å². The van der Waals surface area contributed by atoms with Crippen molar-refractivity contribution in [2.75, 3.05) is 31.7 Å². The second kappa shape index (κ2) is 9.02. The summed E-state index contributed by atoms with van der Waals surface area (Å²) in [6, 6.07) is 6.17. The van der Waals surface area contributed by atoms with Gasteiger partial charge >= 0.3 is 5.97 Å². The van der Waals surface area contributed by atoms with Gasteiger partial charge in [0.25, 0.3) is 0 Å². The minimum absolute atomic E-state index is 0.113. The molecule has 1 fully saturated rings. The summed E-state index contributed by atoms with van der Waals surface area (Å²) in [5, 5.41) is 10.8. The molecule has 0 bridgehead atoms. The van der Waals surface area contributed by atoms with Crippen molar-refractivity contribution in [3.8, 4) is 16.9 Å². The molecule has 0 saturated carbocycles. The SMILES string of the molecule is CCOC(=O)C[C@H](N)c1cc(-c2c(C)cc(N3CC(OC)C3)cc2O)cc(C)c1F. The highest BCUT2D eigenvalue weighted by molar-refractivity contribution is 5.78. The minimum atomic E-state index is -0.837. The molecule has 7 heteroatoms. The Morgan fingerprint density at radius 1 is 1.27 bits per heavy atom. The smallest absolute Gasteiger partial charge is 0.307 e. The summed E-state index contributed by atoms with van der Waals surface area (Å²) >= 11 is 0. The molecule has 2 aromatic carbocycles. The number of phenols is 1. The number of aryl methyl sites for hydroxylation is 2. The molecule has 6 nitrogen and oxygen atoms in total. The zero-order valence-electron chi connectivity index (χ0n) is 17.9. The van der Waals surface area contributed by atoms with E-state index in [1.54, 1.807) is 39.2 Å². The van der Waals surface area contributed by atoms with E-state index in [1.807, 2.05) is 13.0 Å². The van der Waals surface area contributed by atoms with Crippen LogP contribution in [0.25, 0.3) is 11.1 Å². The van der Waals surface area contributed by atoms with Crippen molar-refractivity contribution in [2.24, 2.45) is 5.73 Å². The number of nitrogens with two attached hydrogens (primary N) is 1. The van der Waals surface area contributed by atoms with Crippen molar-refractivity contribution < 1.29 is 23.8 Å². The fourth-order valence-corrected chi connectivity index (χ4v) is 3.83. The van der Waals surface area contributed by atoms with Crippen LogP contribution in [0.1, 0.15) is 36.1 Å². The number of esters is 1. The number of ether oxygens (including phenoxy) is 2. The third kappa shape index (κ3) is 4.42. The van der Waals surface area contributed by atoms with Crippen LogP contribution < -0.4 is 10.6 Å². The summed E-state index contributed by atoms with van der Waals surface area (Å²) < 4.78 is 25.0. The van der Waals surface area contributed by atoms with Crippen molar-refractivity contribution in [3.05, 3.63) is 46.8 Å². The highest BCUT2D eigenvalue weighted by atomic mass is 19.1. The highest BCUT2D eigenvalue weighted by Crippen LogP contribution is 2.39. The lowest BCUT2D eigenvalue weighted by molar-refractivity contribution is -0.143. The Morgan fingerprint density at radius 2 is 1.97 bits per heavy atom. The maximum Gasteiger partial charge on any atom is 0.307 e. The first kappa shape index (κ1) is 22.1. The van der Waals surface area contributed by atoms with Crippen molar-refractivity contribution in [1.29, 1.82) is 0 Å². The molecule has 0 aromatic heterocycles. The number of hydrogen-bond donors (Lipinski definition) is 2. The van der Waals surface area contributed by atoms with Crippen molar-refractivity contribution >= 4 is 11.7 Å². The standard InChI is InChI=1S/C23H29FN2O4/c1-5-30-21(28)10-19(25)18-8-15(6-14(3)23(18)24)22-13(2)7-16(9-20(22)27)26-11-17(12-26)29-4/h6-9,17,19,27H,5,10-12,25H2,1-4H3/t19-/m0/s1. The van der Waals surface area contributed by atoms with E-state index >= 15 is 0 Å². The number of hydrogen-bond acceptors (Lipinski definition) is 6. The van der Waals surface area contributed by atoms with Crippen molar-refractivity contribution in [2.45, 2.75) is 39.3 Å². The van der Waals surface area contributed by atoms with E-state index in [0.717, 1.165) is 24.3 Å². The highest BCUT2D eigenvalue weighted by Gasteiger charge is 2.28. The van der Waals surface area contributed by atoms with Gasteiger partial charge in [-0.15, -0.1) is 0 Å². The summed E-state index contributed by atoms with van der Waals surface area (Å²) in [4.78, 5) is 13.9. The minimum Gasteiger partial charge on any atom is -0.507 e. The molecule has 1 atom stereocenters. The Hall–Kier alpha value is -2.64. The maximum absolute atomic E-state index is 14.8. The molecule has 0 aliphatic carbocycles. The van der Waals surface area contributed by atoms with Crippen molar-refractivity contribution in [1.82, 2.24) is 0 Å². The summed E-state index contributed by atoms with van der Waals surface area (Å²) in [5.74, 6) is -0.808. The molecule has 162 valence electrons. The second-order valence-corrected chi connectivity index (χ2v) is 7.73. The predicted octanol–water partition coefficient (Wildman–Crippen LogP) is 3.60. The molecule has 3 rings (SSSR count). The largest absolute Gasteiger partial charge is 0.507 e. The average molecular weight is 416 g/mol. The maximum atomic E-state index is 14.8. The number of rotatable bonds is 7. The summed E-state index contributed by atoms with van der Waals surface area (Å²) in [7, 11) is 1.69. The van der Waals surface area contributed by atoms with Gasteiger partial charge in [-0.2, -0.15) is 0 Å².